The Bertz CT molecular complexity index is 924. The second kappa shape index (κ2) is 5.47. The molecule has 1 aromatic heterocycles. The Hall–Kier alpha value is -2.32. The fourth-order valence-electron chi connectivity index (χ4n) is 2.92. The van der Waals surface area contributed by atoms with Gasteiger partial charge in [0, 0.05) is 39.5 Å². The Morgan fingerprint density at radius 1 is 0.773 bits per heavy atom. The first-order valence-corrected chi connectivity index (χ1v) is 8.29. The van der Waals surface area contributed by atoms with Gasteiger partial charge in [-0.15, -0.1) is 11.3 Å². The lowest BCUT2D eigenvalue weighted by Gasteiger charge is -2.19. The van der Waals surface area contributed by atoms with Crippen molar-refractivity contribution in [1.82, 2.24) is 0 Å². The number of benzene rings is 3. The van der Waals surface area contributed by atoms with E-state index in [0.717, 1.165) is 6.54 Å². The molecular formula is C20H17NS. The summed E-state index contributed by atoms with van der Waals surface area (Å²) >= 11 is 1.88. The second-order valence-corrected chi connectivity index (χ2v) is 6.70. The van der Waals surface area contributed by atoms with Crippen LogP contribution in [0, 0.1) is 0 Å². The van der Waals surface area contributed by atoms with Crippen LogP contribution in [0.1, 0.15) is 5.56 Å². The van der Waals surface area contributed by atoms with Gasteiger partial charge in [0.2, 0.25) is 0 Å². The maximum absolute atomic E-state index is 2.33. The first-order chi connectivity index (χ1) is 10.8. The summed E-state index contributed by atoms with van der Waals surface area (Å²) in [4.78, 5) is 2.29. The van der Waals surface area contributed by atoms with Gasteiger partial charge in [0.05, 0.1) is 0 Å². The summed E-state index contributed by atoms with van der Waals surface area (Å²) in [5, 5.41) is 2.73. The van der Waals surface area contributed by atoms with Gasteiger partial charge in [0.25, 0.3) is 0 Å². The molecule has 4 rings (SSSR count). The van der Waals surface area contributed by atoms with Gasteiger partial charge < -0.3 is 4.90 Å². The zero-order valence-corrected chi connectivity index (χ0v) is 13.3. The van der Waals surface area contributed by atoms with Gasteiger partial charge in [-0.25, -0.2) is 0 Å². The van der Waals surface area contributed by atoms with Gasteiger partial charge in [-0.1, -0.05) is 48.5 Å². The lowest BCUT2D eigenvalue weighted by molar-refractivity contribution is 0.925. The number of rotatable bonds is 3. The number of fused-ring (bicyclic) bond motifs is 3. The zero-order valence-electron chi connectivity index (χ0n) is 12.5. The highest BCUT2D eigenvalue weighted by molar-refractivity contribution is 7.25. The van der Waals surface area contributed by atoms with E-state index in [-0.39, 0.29) is 0 Å². The van der Waals surface area contributed by atoms with E-state index < -0.39 is 0 Å². The first kappa shape index (κ1) is 13.4. The fourth-order valence-corrected chi connectivity index (χ4v) is 4.09. The second-order valence-electron chi connectivity index (χ2n) is 5.62. The highest BCUT2D eigenvalue weighted by atomic mass is 32.1. The molecule has 22 heavy (non-hydrogen) atoms. The molecule has 0 N–H and O–H groups in total. The molecule has 0 radical (unpaired) electrons. The number of hydrogen-bond acceptors (Lipinski definition) is 2. The Morgan fingerprint density at radius 3 is 2.36 bits per heavy atom. The smallest absolute Gasteiger partial charge is 0.0426 e. The number of thiophene rings is 1. The van der Waals surface area contributed by atoms with Crippen LogP contribution in [0.25, 0.3) is 20.2 Å². The molecule has 0 amide bonds. The number of hydrogen-bond donors (Lipinski definition) is 0. The summed E-state index contributed by atoms with van der Waals surface area (Å²) in [6.07, 6.45) is 0. The van der Waals surface area contributed by atoms with Crippen LogP contribution in [-0.2, 0) is 6.54 Å². The molecule has 0 aliphatic heterocycles. The van der Waals surface area contributed by atoms with Crippen LogP contribution in [0.15, 0.2) is 72.8 Å². The van der Waals surface area contributed by atoms with Crippen molar-refractivity contribution < 1.29 is 0 Å². The van der Waals surface area contributed by atoms with E-state index in [0.29, 0.717) is 0 Å². The van der Waals surface area contributed by atoms with Crippen molar-refractivity contribution in [2.45, 2.75) is 6.54 Å². The van der Waals surface area contributed by atoms with Gasteiger partial charge in [-0.3, -0.25) is 0 Å². The quantitative estimate of drug-likeness (QED) is 0.470. The normalized spacial score (nSPS) is 11.1. The lowest BCUT2D eigenvalue weighted by Crippen LogP contribution is -2.15. The molecule has 0 bridgehead atoms. The van der Waals surface area contributed by atoms with E-state index in [1.54, 1.807) is 0 Å². The molecule has 108 valence electrons. The average Bonchev–Trinajstić information content (AvgIpc) is 2.93. The largest absolute Gasteiger partial charge is 0.370 e. The summed E-state index contributed by atoms with van der Waals surface area (Å²) in [6.45, 7) is 0.925. The summed E-state index contributed by atoms with van der Waals surface area (Å²) in [6, 6.07) is 26.0. The molecule has 3 aromatic carbocycles. The van der Waals surface area contributed by atoms with Crippen molar-refractivity contribution in [2.24, 2.45) is 0 Å². The molecule has 0 atom stereocenters. The predicted molar refractivity (Wildman–Crippen MR) is 97.9 cm³/mol. The van der Waals surface area contributed by atoms with E-state index in [1.165, 1.54) is 31.4 Å². The molecule has 1 heterocycles. The summed E-state index contributed by atoms with van der Waals surface area (Å²) in [5.41, 5.74) is 2.60. The van der Waals surface area contributed by atoms with Gasteiger partial charge in [0.1, 0.15) is 0 Å². The van der Waals surface area contributed by atoms with Crippen LogP contribution in [0.3, 0.4) is 0 Å². The van der Waals surface area contributed by atoms with E-state index in [2.05, 4.69) is 84.7 Å². The van der Waals surface area contributed by atoms with Gasteiger partial charge in [-0.05, 0) is 29.8 Å². The van der Waals surface area contributed by atoms with Gasteiger partial charge >= 0.3 is 0 Å². The summed E-state index contributed by atoms with van der Waals surface area (Å²) in [5.74, 6) is 0. The average molecular weight is 303 g/mol. The minimum Gasteiger partial charge on any atom is -0.370 e. The maximum atomic E-state index is 2.33. The first-order valence-electron chi connectivity index (χ1n) is 7.47. The third-order valence-electron chi connectivity index (χ3n) is 4.06. The molecule has 4 aromatic rings. The van der Waals surface area contributed by atoms with Crippen LogP contribution in [0.5, 0.6) is 0 Å². The van der Waals surface area contributed by atoms with E-state index >= 15 is 0 Å². The van der Waals surface area contributed by atoms with Crippen molar-refractivity contribution in [2.75, 3.05) is 11.9 Å². The number of anilines is 1. The predicted octanol–water partition coefficient (Wildman–Crippen LogP) is 5.69. The molecule has 2 heteroatoms. The number of para-hydroxylation sites is 1. The monoisotopic (exact) mass is 303 g/mol. The van der Waals surface area contributed by atoms with Crippen LogP contribution < -0.4 is 4.90 Å². The Kier molecular flexibility index (Phi) is 3.32. The van der Waals surface area contributed by atoms with Crippen LogP contribution in [0.4, 0.5) is 5.69 Å². The standard InChI is InChI=1S/C20H17NS/c1-21(16-7-3-2-4-8-16)14-15-11-12-18-17-9-5-6-10-19(17)22-20(18)13-15/h2-13H,14H2,1H3. The van der Waals surface area contributed by atoms with E-state index in [1.807, 2.05) is 11.3 Å². The Labute approximate surface area is 134 Å². The fraction of sp³-hybridized carbons (Fsp3) is 0.100. The van der Waals surface area contributed by atoms with Crippen LogP contribution in [0.2, 0.25) is 0 Å². The highest BCUT2D eigenvalue weighted by Gasteiger charge is 2.07. The number of nitrogens with zero attached hydrogens (tertiary/aromatic N) is 1. The Morgan fingerprint density at radius 2 is 1.50 bits per heavy atom. The Balaban J connectivity index is 1.69. The lowest BCUT2D eigenvalue weighted by atomic mass is 10.1. The van der Waals surface area contributed by atoms with Crippen molar-refractivity contribution in [3.8, 4) is 0 Å². The SMILES string of the molecule is CN(Cc1ccc2c(c1)sc1ccccc12)c1ccccc1. The molecule has 0 spiro atoms. The maximum Gasteiger partial charge on any atom is 0.0426 e. The molecule has 0 unspecified atom stereocenters. The van der Waals surface area contributed by atoms with Gasteiger partial charge in [0.15, 0.2) is 0 Å². The van der Waals surface area contributed by atoms with E-state index in [4.69, 9.17) is 0 Å². The van der Waals surface area contributed by atoms with Crippen molar-refractivity contribution >= 4 is 37.2 Å². The van der Waals surface area contributed by atoms with Gasteiger partial charge in [-0.2, -0.15) is 0 Å². The van der Waals surface area contributed by atoms with Crippen LogP contribution >= 0.6 is 11.3 Å². The minimum atomic E-state index is 0.925. The molecule has 0 aliphatic rings. The molecule has 0 aliphatic carbocycles. The molecule has 1 nitrogen and oxygen atoms in total. The topological polar surface area (TPSA) is 3.24 Å². The molecule has 0 saturated heterocycles. The van der Waals surface area contributed by atoms with Crippen molar-refractivity contribution in [3.05, 3.63) is 78.4 Å². The summed E-state index contributed by atoms with van der Waals surface area (Å²) in [7, 11) is 2.14. The zero-order chi connectivity index (χ0) is 14.9. The van der Waals surface area contributed by atoms with Crippen molar-refractivity contribution in [3.63, 3.8) is 0 Å². The summed E-state index contributed by atoms with van der Waals surface area (Å²) < 4.78 is 2.74. The third-order valence-corrected chi connectivity index (χ3v) is 5.19. The third kappa shape index (κ3) is 2.36. The molecule has 0 saturated carbocycles. The molecule has 0 fully saturated rings. The minimum absolute atomic E-state index is 0.925. The molecular weight excluding hydrogens is 286 g/mol. The van der Waals surface area contributed by atoms with Crippen molar-refractivity contribution in [1.29, 1.82) is 0 Å². The van der Waals surface area contributed by atoms with Crippen LogP contribution in [-0.4, -0.2) is 7.05 Å². The highest BCUT2D eigenvalue weighted by Crippen LogP contribution is 2.34. The van der Waals surface area contributed by atoms with E-state index in [9.17, 15) is 0 Å².